The van der Waals surface area contributed by atoms with E-state index in [-0.39, 0.29) is 0 Å². The fourth-order valence-corrected chi connectivity index (χ4v) is 2.33. The van der Waals surface area contributed by atoms with Crippen LogP contribution in [0.5, 0.6) is 5.75 Å². The maximum Gasteiger partial charge on any atom is 0.119 e. The van der Waals surface area contributed by atoms with E-state index in [1.807, 2.05) is 0 Å². The lowest BCUT2D eigenvalue weighted by Gasteiger charge is -2.17. The molecule has 1 heteroatoms. The molecule has 0 amide bonds. The second-order valence-corrected chi connectivity index (χ2v) is 4.63. The second kappa shape index (κ2) is 5.93. The summed E-state index contributed by atoms with van der Waals surface area (Å²) in [6.07, 6.45) is 9.09. The largest absolute Gasteiger partial charge is 0.490 e. The highest BCUT2D eigenvalue weighted by Crippen LogP contribution is 2.23. The highest BCUT2D eigenvalue weighted by atomic mass is 16.5. The minimum Gasteiger partial charge on any atom is -0.490 e. The van der Waals surface area contributed by atoms with E-state index in [9.17, 15) is 0 Å². The maximum atomic E-state index is 6.05. The van der Waals surface area contributed by atoms with Gasteiger partial charge < -0.3 is 4.74 Å². The van der Waals surface area contributed by atoms with E-state index in [4.69, 9.17) is 4.74 Å². The highest BCUT2D eigenvalue weighted by Gasteiger charge is 2.13. The van der Waals surface area contributed by atoms with Crippen molar-refractivity contribution in [3.8, 4) is 5.75 Å². The fraction of sp³-hybridized carbons (Fsp3) is 0.533. The summed E-state index contributed by atoms with van der Waals surface area (Å²) in [5.41, 5.74) is 1.26. The van der Waals surface area contributed by atoms with Crippen molar-refractivity contribution in [3.63, 3.8) is 0 Å². The number of hydrogen-bond acceptors (Lipinski definition) is 1. The molecule has 0 aromatic heterocycles. The molecule has 1 aliphatic carbocycles. The first kappa shape index (κ1) is 11.5. The van der Waals surface area contributed by atoms with Gasteiger partial charge in [-0.15, -0.1) is 0 Å². The summed E-state index contributed by atoms with van der Waals surface area (Å²) in [4.78, 5) is 0. The van der Waals surface area contributed by atoms with Crippen LogP contribution in [0.25, 0.3) is 0 Å². The molecule has 1 nitrogen and oxygen atoms in total. The summed E-state index contributed by atoms with van der Waals surface area (Å²) < 4.78 is 6.05. The fourth-order valence-electron chi connectivity index (χ4n) is 2.33. The third-order valence-corrected chi connectivity index (χ3v) is 3.29. The van der Waals surface area contributed by atoms with Crippen molar-refractivity contribution < 1.29 is 4.74 Å². The average molecular weight is 217 g/mol. The Morgan fingerprint density at radius 2 is 1.88 bits per heavy atom. The van der Waals surface area contributed by atoms with Crippen molar-refractivity contribution in [3.05, 3.63) is 36.8 Å². The average Bonchev–Trinajstić information content (AvgIpc) is 2.58. The first-order valence-electron chi connectivity index (χ1n) is 6.43. The SMILES string of the molecule is [CH2]Cc1cccc(OC2CCCCCC2)c1. The molecule has 0 aliphatic heterocycles. The van der Waals surface area contributed by atoms with Gasteiger partial charge in [0.25, 0.3) is 0 Å². The Balaban J connectivity index is 1.96. The molecule has 0 bridgehead atoms. The molecule has 0 saturated heterocycles. The van der Waals surface area contributed by atoms with Crippen molar-refractivity contribution in [2.45, 2.75) is 51.0 Å². The standard InChI is InChI=1S/C15H21O/c1-2-13-8-7-11-15(12-13)16-14-9-5-3-4-6-10-14/h7-8,11-12,14H,1-6,9-10H2. The molecule has 1 fully saturated rings. The van der Waals surface area contributed by atoms with Gasteiger partial charge in [0, 0.05) is 0 Å². The second-order valence-electron chi connectivity index (χ2n) is 4.63. The van der Waals surface area contributed by atoms with Crippen LogP contribution in [-0.4, -0.2) is 6.10 Å². The molecule has 0 spiro atoms. The van der Waals surface area contributed by atoms with Gasteiger partial charge in [0.05, 0.1) is 6.10 Å². The quantitative estimate of drug-likeness (QED) is 0.691. The number of hydrogen-bond donors (Lipinski definition) is 0. The zero-order chi connectivity index (χ0) is 11.2. The molecular formula is C15H21O. The van der Waals surface area contributed by atoms with Gasteiger partial charge in [-0.05, 0) is 56.7 Å². The zero-order valence-electron chi connectivity index (χ0n) is 9.95. The predicted octanol–water partition coefficient (Wildman–Crippen LogP) is 4.16. The monoisotopic (exact) mass is 217 g/mol. The summed E-state index contributed by atoms with van der Waals surface area (Å²) in [7, 11) is 0. The molecule has 1 aromatic rings. The minimum atomic E-state index is 0.433. The number of rotatable bonds is 3. The number of benzene rings is 1. The smallest absolute Gasteiger partial charge is 0.119 e. The van der Waals surface area contributed by atoms with Crippen molar-refractivity contribution in [1.29, 1.82) is 0 Å². The van der Waals surface area contributed by atoms with Crippen LogP contribution in [0.3, 0.4) is 0 Å². The van der Waals surface area contributed by atoms with Gasteiger partial charge in [0.1, 0.15) is 5.75 Å². The molecule has 1 saturated carbocycles. The topological polar surface area (TPSA) is 9.23 Å². The first-order chi connectivity index (χ1) is 7.88. The molecule has 16 heavy (non-hydrogen) atoms. The summed E-state index contributed by atoms with van der Waals surface area (Å²) in [5, 5.41) is 0. The molecule has 0 N–H and O–H groups in total. The van der Waals surface area contributed by atoms with Gasteiger partial charge in [-0.3, -0.25) is 0 Å². The Hall–Kier alpha value is -0.980. The van der Waals surface area contributed by atoms with E-state index >= 15 is 0 Å². The van der Waals surface area contributed by atoms with Crippen LogP contribution in [-0.2, 0) is 6.42 Å². The first-order valence-corrected chi connectivity index (χ1v) is 6.43. The van der Waals surface area contributed by atoms with E-state index in [0.717, 1.165) is 12.2 Å². The van der Waals surface area contributed by atoms with E-state index in [0.29, 0.717) is 6.10 Å². The molecule has 0 atom stereocenters. The minimum absolute atomic E-state index is 0.433. The molecule has 0 unspecified atom stereocenters. The Kier molecular flexibility index (Phi) is 4.26. The Morgan fingerprint density at radius 3 is 2.56 bits per heavy atom. The Bertz CT molecular complexity index is 311. The van der Waals surface area contributed by atoms with Crippen LogP contribution in [0.1, 0.15) is 44.1 Å². The lowest BCUT2D eigenvalue weighted by atomic mass is 10.1. The Morgan fingerprint density at radius 1 is 1.12 bits per heavy atom. The van der Waals surface area contributed by atoms with Crippen LogP contribution in [0.4, 0.5) is 0 Å². The van der Waals surface area contributed by atoms with Crippen LogP contribution in [0.15, 0.2) is 24.3 Å². The van der Waals surface area contributed by atoms with Crippen molar-refractivity contribution in [1.82, 2.24) is 0 Å². The van der Waals surface area contributed by atoms with Crippen molar-refractivity contribution in [2.24, 2.45) is 0 Å². The maximum absolute atomic E-state index is 6.05. The molecule has 1 aliphatic rings. The van der Waals surface area contributed by atoms with Crippen molar-refractivity contribution in [2.75, 3.05) is 0 Å². The Labute approximate surface area is 98.8 Å². The lowest BCUT2D eigenvalue weighted by Crippen LogP contribution is -2.15. The van der Waals surface area contributed by atoms with E-state index in [1.54, 1.807) is 0 Å². The van der Waals surface area contributed by atoms with Gasteiger partial charge in [-0.2, -0.15) is 0 Å². The van der Waals surface area contributed by atoms with Crippen LogP contribution in [0.2, 0.25) is 0 Å². The molecular weight excluding hydrogens is 196 g/mol. The molecule has 1 aromatic carbocycles. The number of ether oxygens (including phenoxy) is 1. The van der Waals surface area contributed by atoms with Crippen LogP contribution < -0.4 is 4.74 Å². The van der Waals surface area contributed by atoms with Gasteiger partial charge in [-0.1, -0.05) is 25.0 Å². The zero-order valence-corrected chi connectivity index (χ0v) is 9.95. The third-order valence-electron chi connectivity index (χ3n) is 3.29. The normalized spacial score (nSPS) is 18.1. The van der Waals surface area contributed by atoms with E-state index in [1.165, 1.54) is 44.1 Å². The van der Waals surface area contributed by atoms with Crippen LogP contribution >= 0.6 is 0 Å². The highest BCUT2D eigenvalue weighted by molar-refractivity contribution is 5.29. The molecule has 0 heterocycles. The molecule has 2 rings (SSSR count). The lowest BCUT2D eigenvalue weighted by molar-refractivity contribution is 0.183. The van der Waals surface area contributed by atoms with Crippen LogP contribution in [0, 0.1) is 6.92 Å². The van der Waals surface area contributed by atoms with Gasteiger partial charge in [-0.25, -0.2) is 0 Å². The van der Waals surface area contributed by atoms with Gasteiger partial charge >= 0.3 is 0 Å². The predicted molar refractivity (Wildman–Crippen MR) is 67.6 cm³/mol. The summed E-state index contributed by atoms with van der Waals surface area (Å²) in [5.74, 6) is 1.02. The third kappa shape index (κ3) is 3.26. The van der Waals surface area contributed by atoms with Gasteiger partial charge in [0.15, 0.2) is 0 Å². The summed E-state index contributed by atoms with van der Waals surface area (Å²) in [6.45, 7) is 3.90. The van der Waals surface area contributed by atoms with E-state index in [2.05, 4.69) is 31.2 Å². The molecule has 1 radical (unpaired) electrons. The van der Waals surface area contributed by atoms with E-state index < -0.39 is 0 Å². The molecule has 87 valence electrons. The summed E-state index contributed by atoms with van der Waals surface area (Å²) >= 11 is 0. The summed E-state index contributed by atoms with van der Waals surface area (Å²) in [6, 6.07) is 8.35. The van der Waals surface area contributed by atoms with Crippen molar-refractivity contribution >= 4 is 0 Å². The van der Waals surface area contributed by atoms with Gasteiger partial charge in [0.2, 0.25) is 0 Å².